The molecule has 8 heteroatoms. The molecule has 0 radical (unpaired) electrons. The molecule has 1 saturated heterocycles. The van der Waals surface area contributed by atoms with Gasteiger partial charge in [0.1, 0.15) is 10.8 Å². The van der Waals surface area contributed by atoms with Crippen molar-refractivity contribution in [1.29, 1.82) is 0 Å². The van der Waals surface area contributed by atoms with Crippen LogP contribution >= 0.6 is 22.9 Å². The fourth-order valence-electron chi connectivity index (χ4n) is 3.75. The molecule has 0 atom stereocenters. The van der Waals surface area contributed by atoms with Gasteiger partial charge >= 0.3 is 5.97 Å². The average Bonchev–Trinajstić information content (AvgIpc) is 3.09. The molecule has 4 heterocycles. The summed E-state index contributed by atoms with van der Waals surface area (Å²) in [5, 5.41) is 5.09. The van der Waals surface area contributed by atoms with Crippen molar-refractivity contribution >= 4 is 44.8 Å². The first kappa shape index (κ1) is 19.1. The van der Waals surface area contributed by atoms with E-state index in [9.17, 15) is 9.59 Å². The third kappa shape index (κ3) is 3.69. The summed E-state index contributed by atoms with van der Waals surface area (Å²) >= 11 is 7.30. The Labute approximate surface area is 172 Å². The summed E-state index contributed by atoms with van der Waals surface area (Å²) in [5.74, 6) is 0.218. The van der Waals surface area contributed by atoms with Crippen LogP contribution in [0, 0.1) is 0 Å². The SMILES string of the molecule is CCOC(=O)c1c(NC(=O)COc2ccc(Cl)cc2)sc2c1C1CCN2CC1. The van der Waals surface area contributed by atoms with Crippen LogP contribution in [0.25, 0.3) is 0 Å². The Morgan fingerprint density at radius 2 is 1.96 bits per heavy atom. The monoisotopic (exact) mass is 420 g/mol. The van der Waals surface area contributed by atoms with Gasteiger partial charge in [-0.05, 0) is 49.9 Å². The maximum absolute atomic E-state index is 12.6. The quantitative estimate of drug-likeness (QED) is 0.706. The number of carbonyl (C=O) groups excluding carboxylic acids is 2. The summed E-state index contributed by atoms with van der Waals surface area (Å²) in [6.07, 6.45) is 2.06. The highest BCUT2D eigenvalue weighted by atomic mass is 35.5. The summed E-state index contributed by atoms with van der Waals surface area (Å²) in [7, 11) is 0. The molecular weight excluding hydrogens is 400 g/mol. The van der Waals surface area contributed by atoms with Crippen molar-refractivity contribution in [1.82, 2.24) is 0 Å². The van der Waals surface area contributed by atoms with Gasteiger partial charge in [-0.2, -0.15) is 0 Å². The van der Waals surface area contributed by atoms with Crippen LogP contribution < -0.4 is 15.0 Å². The van der Waals surface area contributed by atoms with Gasteiger partial charge in [0.2, 0.25) is 0 Å². The zero-order valence-corrected chi connectivity index (χ0v) is 17.1. The Hall–Kier alpha value is -2.25. The predicted octanol–water partition coefficient (Wildman–Crippen LogP) is 4.29. The molecule has 2 bridgehead atoms. The van der Waals surface area contributed by atoms with E-state index in [1.807, 2.05) is 0 Å². The second kappa shape index (κ2) is 8.01. The first-order valence-corrected chi connectivity index (χ1v) is 10.5. The smallest absolute Gasteiger partial charge is 0.341 e. The summed E-state index contributed by atoms with van der Waals surface area (Å²) < 4.78 is 10.8. The van der Waals surface area contributed by atoms with Gasteiger partial charge in [-0.3, -0.25) is 4.79 Å². The van der Waals surface area contributed by atoms with Crippen molar-refractivity contribution in [2.24, 2.45) is 0 Å². The molecular formula is C20H21ClN2O4S. The van der Waals surface area contributed by atoms with Crippen LogP contribution in [0.15, 0.2) is 24.3 Å². The lowest BCUT2D eigenvalue weighted by Crippen LogP contribution is -2.38. The average molecular weight is 421 g/mol. The number of rotatable bonds is 6. The lowest BCUT2D eigenvalue weighted by Gasteiger charge is -2.40. The number of fused-ring (bicyclic) bond motifs is 2. The Kier molecular flexibility index (Phi) is 5.46. The van der Waals surface area contributed by atoms with Gasteiger partial charge in [0.05, 0.1) is 17.2 Å². The number of hydrogen-bond acceptors (Lipinski definition) is 6. The van der Waals surface area contributed by atoms with Gasteiger partial charge in [0, 0.05) is 23.7 Å². The van der Waals surface area contributed by atoms with Crippen molar-refractivity contribution in [3.63, 3.8) is 0 Å². The molecule has 1 aromatic carbocycles. The number of hydrogen-bond donors (Lipinski definition) is 1. The van der Waals surface area contributed by atoms with E-state index in [0.717, 1.165) is 36.5 Å². The second-order valence-electron chi connectivity index (χ2n) is 6.80. The highest BCUT2D eigenvalue weighted by Gasteiger charge is 2.39. The molecule has 0 spiro atoms. The number of ether oxygens (including phenoxy) is 2. The predicted molar refractivity (Wildman–Crippen MR) is 110 cm³/mol. The van der Waals surface area contributed by atoms with E-state index >= 15 is 0 Å². The summed E-state index contributed by atoms with van der Waals surface area (Å²) in [4.78, 5) is 27.4. The van der Waals surface area contributed by atoms with Gasteiger partial charge in [-0.15, -0.1) is 0 Å². The van der Waals surface area contributed by atoms with E-state index in [-0.39, 0.29) is 18.5 Å². The van der Waals surface area contributed by atoms with Crippen molar-refractivity contribution in [3.05, 3.63) is 40.4 Å². The Bertz CT molecular complexity index is 888. The molecule has 1 amide bonds. The maximum Gasteiger partial charge on any atom is 0.341 e. The molecule has 0 aliphatic carbocycles. The highest BCUT2D eigenvalue weighted by molar-refractivity contribution is 7.20. The third-order valence-electron chi connectivity index (χ3n) is 5.03. The Morgan fingerprint density at radius 1 is 1.25 bits per heavy atom. The van der Waals surface area contributed by atoms with Gasteiger partial charge in [0.15, 0.2) is 6.61 Å². The van der Waals surface area contributed by atoms with E-state index in [1.54, 1.807) is 31.2 Å². The molecule has 3 aliphatic heterocycles. The van der Waals surface area contributed by atoms with E-state index < -0.39 is 0 Å². The molecule has 3 aliphatic rings. The minimum absolute atomic E-state index is 0.153. The van der Waals surface area contributed by atoms with Crippen molar-refractivity contribution in [2.45, 2.75) is 25.7 Å². The third-order valence-corrected chi connectivity index (χ3v) is 6.47. The summed E-state index contributed by atoms with van der Waals surface area (Å²) in [6, 6.07) is 6.80. The number of anilines is 2. The second-order valence-corrected chi connectivity index (χ2v) is 8.23. The van der Waals surface area contributed by atoms with Crippen LogP contribution in [0.2, 0.25) is 5.02 Å². The molecule has 1 fully saturated rings. The van der Waals surface area contributed by atoms with E-state index in [2.05, 4.69) is 10.2 Å². The number of esters is 1. The fourth-order valence-corrected chi connectivity index (χ4v) is 5.22. The molecule has 5 rings (SSSR count). The minimum Gasteiger partial charge on any atom is -0.484 e. The molecule has 1 N–H and O–H groups in total. The zero-order chi connectivity index (χ0) is 19.7. The number of nitrogens with zero attached hydrogens (tertiary/aromatic N) is 1. The number of carbonyl (C=O) groups is 2. The highest BCUT2D eigenvalue weighted by Crippen LogP contribution is 2.51. The number of thiophene rings is 1. The molecule has 2 aromatic rings. The van der Waals surface area contributed by atoms with Crippen LogP contribution in [-0.4, -0.2) is 38.2 Å². The minimum atomic E-state index is -0.373. The number of halogens is 1. The van der Waals surface area contributed by atoms with Crippen LogP contribution in [0.3, 0.4) is 0 Å². The normalized spacial score (nSPS) is 15.3. The Morgan fingerprint density at radius 3 is 2.64 bits per heavy atom. The topological polar surface area (TPSA) is 67.9 Å². The van der Waals surface area contributed by atoms with E-state index in [0.29, 0.717) is 33.9 Å². The lowest BCUT2D eigenvalue weighted by atomic mass is 9.84. The maximum atomic E-state index is 12.6. The standard InChI is InChI=1S/C20H21ClN2O4S/c1-2-26-20(25)17-16-12-7-9-23(10-8-12)19(16)28-18(17)22-15(24)11-27-14-5-3-13(21)4-6-14/h3-6,12H,2,7-11H2,1H3,(H,22,24). The first-order valence-electron chi connectivity index (χ1n) is 9.33. The molecule has 0 unspecified atom stereocenters. The van der Waals surface area contributed by atoms with Crippen LogP contribution in [0.5, 0.6) is 5.75 Å². The number of nitrogens with one attached hydrogen (secondary N) is 1. The molecule has 1 aromatic heterocycles. The van der Waals surface area contributed by atoms with Crippen molar-refractivity contribution in [3.8, 4) is 5.75 Å². The van der Waals surface area contributed by atoms with Crippen LogP contribution in [0.4, 0.5) is 10.0 Å². The number of benzene rings is 1. The van der Waals surface area contributed by atoms with E-state index in [1.165, 1.54) is 11.3 Å². The van der Waals surface area contributed by atoms with Crippen LogP contribution in [0.1, 0.15) is 41.6 Å². The van der Waals surface area contributed by atoms with Gasteiger partial charge in [0.25, 0.3) is 5.91 Å². The van der Waals surface area contributed by atoms with E-state index in [4.69, 9.17) is 21.1 Å². The largest absolute Gasteiger partial charge is 0.484 e. The summed E-state index contributed by atoms with van der Waals surface area (Å²) in [6.45, 7) is 3.91. The van der Waals surface area contributed by atoms with Gasteiger partial charge in [-0.1, -0.05) is 22.9 Å². The first-order chi connectivity index (χ1) is 13.6. The summed E-state index contributed by atoms with van der Waals surface area (Å²) in [5.41, 5.74) is 1.55. The fraction of sp³-hybridized carbons (Fsp3) is 0.400. The number of piperidine rings is 1. The van der Waals surface area contributed by atoms with Crippen molar-refractivity contribution in [2.75, 3.05) is 36.5 Å². The zero-order valence-electron chi connectivity index (χ0n) is 15.5. The van der Waals surface area contributed by atoms with Crippen LogP contribution in [-0.2, 0) is 9.53 Å². The molecule has 6 nitrogen and oxygen atoms in total. The molecule has 0 saturated carbocycles. The lowest BCUT2D eigenvalue weighted by molar-refractivity contribution is -0.118. The number of amides is 1. The Balaban J connectivity index is 1.53. The molecule has 148 valence electrons. The van der Waals surface area contributed by atoms with Crippen molar-refractivity contribution < 1.29 is 19.1 Å². The van der Waals surface area contributed by atoms with Gasteiger partial charge < -0.3 is 19.7 Å². The van der Waals surface area contributed by atoms with Gasteiger partial charge in [-0.25, -0.2) is 4.79 Å². The molecule has 28 heavy (non-hydrogen) atoms.